The molecule has 3 aromatic heterocycles. The number of ether oxygens (including phenoxy) is 2. The predicted octanol–water partition coefficient (Wildman–Crippen LogP) is 3.50. The summed E-state index contributed by atoms with van der Waals surface area (Å²) in [6.45, 7) is 8.41. The Labute approximate surface area is 346 Å². The molecule has 0 bridgehead atoms. The molecule has 3 aromatic carbocycles. The van der Waals surface area contributed by atoms with E-state index in [1.807, 2.05) is 18.7 Å². The number of aromatic nitrogens is 6. The molecule has 17 heteroatoms. The van der Waals surface area contributed by atoms with Gasteiger partial charge in [-0.05, 0) is 30.3 Å². The van der Waals surface area contributed by atoms with Crippen molar-refractivity contribution >= 4 is 45.0 Å². The van der Waals surface area contributed by atoms with Crippen LogP contribution in [0, 0.1) is 11.3 Å². The fourth-order valence-corrected chi connectivity index (χ4v) is 7.08. The number of rotatable bonds is 6. The molecule has 2 amide bonds. The zero-order chi connectivity index (χ0) is 42.9. The monoisotopic (exact) mass is 813 g/mol. The lowest BCUT2D eigenvalue weighted by atomic mass is 10.1. The van der Waals surface area contributed by atoms with E-state index in [9.17, 15) is 24.4 Å². The smallest absolute Gasteiger partial charge is 0.275 e. The molecule has 17 nitrogen and oxygen atoms in total. The molecular formula is C43H47N11O6. The van der Waals surface area contributed by atoms with Gasteiger partial charge in [-0.15, -0.1) is 0 Å². The van der Waals surface area contributed by atoms with Crippen LogP contribution in [0.15, 0.2) is 88.6 Å². The van der Waals surface area contributed by atoms with Crippen molar-refractivity contribution in [3.63, 3.8) is 0 Å². The first kappa shape index (κ1) is 42.3. The number of anilines is 2. The quantitative estimate of drug-likeness (QED) is 0.238. The molecule has 6 aromatic rings. The Morgan fingerprint density at radius 3 is 1.60 bits per heavy atom. The third kappa shape index (κ3) is 8.72. The fraction of sp³-hybridized carbons (Fsp3) is 0.326. The van der Waals surface area contributed by atoms with E-state index in [4.69, 9.17) is 9.47 Å². The van der Waals surface area contributed by atoms with Crippen molar-refractivity contribution in [2.45, 2.75) is 13.8 Å². The number of nitriles is 1. The van der Waals surface area contributed by atoms with Gasteiger partial charge in [0.05, 0.1) is 42.3 Å². The fourth-order valence-electron chi connectivity index (χ4n) is 7.08. The molecule has 0 aliphatic carbocycles. The molecule has 310 valence electrons. The van der Waals surface area contributed by atoms with Gasteiger partial charge in [-0.1, -0.05) is 50.2 Å². The maximum Gasteiger partial charge on any atom is 0.275 e. The Bertz CT molecular complexity index is 2680. The molecule has 0 radical (unpaired) electrons. The predicted molar refractivity (Wildman–Crippen MR) is 228 cm³/mol. The topological polar surface area (TPSA) is 185 Å². The van der Waals surface area contributed by atoms with Crippen LogP contribution in [0.5, 0.6) is 11.6 Å². The Kier molecular flexibility index (Phi) is 13.3. The lowest BCUT2D eigenvalue weighted by molar-refractivity contribution is 0.0733. The minimum atomic E-state index is -0.226. The highest BCUT2D eigenvalue weighted by atomic mass is 16.5. The van der Waals surface area contributed by atoms with Gasteiger partial charge in [-0.25, -0.2) is 14.3 Å². The second-order valence-electron chi connectivity index (χ2n) is 13.6. The van der Waals surface area contributed by atoms with Crippen LogP contribution in [0.1, 0.15) is 40.4 Å². The average molecular weight is 814 g/mol. The van der Waals surface area contributed by atoms with Gasteiger partial charge in [0.25, 0.3) is 22.9 Å². The van der Waals surface area contributed by atoms with E-state index in [-0.39, 0.29) is 28.6 Å². The molecule has 0 unspecified atom stereocenters. The summed E-state index contributed by atoms with van der Waals surface area (Å²) in [5.74, 6) is 1.40. The number of hydrogen-bond acceptors (Lipinski definition) is 13. The van der Waals surface area contributed by atoms with Gasteiger partial charge in [-0.2, -0.15) is 20.4 Å². The second-order valence-corrected chi connectivity index (χ2v) is 13.6. The lowest BCUT2D eigenvalue weighted by Crippen LogP contribution is -2.49. The third-order valence-electron chi connectivity index (χ3n) is 10.2. The molecule has 0 N–H and O–H groups in total. The molecule has 0 atom stereocenters. The van der Waals surface area contributed by atoms with E-state index in [1.165, 1.54) is 9.36 Å². The Hall–Kier alpha value is -7.35. The largest absolute Gasteiger partial charge is 0.495 e. The second kappa shape index (κ2) is 18.9. The summed E-state index contributed by atoms with van der Waals surface area (Å²) >= 11 is 0. The summed E-state index contributed by atoms with van der Waals surface area (Å²) in [5.41, 5.74) is 1.54. The van der Waals surface area contributed by atoms with Gasteiger partial charge in [-0.3, -0.25) is 19.2 Å². The number of benzene rings is 3. The van der Waals surface area contributed by atoms with Crippen molar-refractivity contribution < 1.29 is 19.1 Å². The summed E-state index contributed by atoms with van der Waals surface area (Å²) in [6, 6.07) is 23.3. The Balaban J connectivity index is 0.000000194. The molecule has 0 saturated carbocycles. The van der Waals surface area contributed by atoms with Gasteiger partial charge < -0.3 is 29.1 Å². The number of fused-ring (bicyclic) bond motifs is 2. The Morgan fingerprint density at radius 1 is 0.650 bits per heavy atom. The molecule has 60 heavy (non-hydrogen) atoms. The number of carbonyl (C=O) groups excluding carboxylic acids is 2. The van der Waals surface area contributed by atoms with Crippen LogP contribution in [-0.2, 0) is 14.1 Å². The first-order valence-electron chi connectivity index (χ1n) is 19.6. The van der Waals surface area contributed by atoms with E-state index < -0.39 is 0 Å². The van der Waals surface area contributed by atoms with Crippen LogP contribution < -0.4 is 30.4 Å². The summed E-state index contributed by atoms with van der Waals surface area (Å²) < 4.78 is 13.0. The molecule has 8 rings (SSSR count). The van der Waals surface area contributed by atoms with Crippen LogP contribution in [0.3, 0.4) is 0 Å². The van der Waals surface area contributed by atoms with Crippen molar-refractivity contribution in [2.75, 3.05) is 76.4 Å². The van der Waals surface area contributed by atoms with Crippen LogP contribution in [0.2, 0.25) is 0 Å². The first-order valence-corrected chi connectivity index (χ1v) is 19.6. The van der Waals surface area contributed by atoms with E-state index in [0.29, 0.717) is 103 Å². The van der Waals surface area contributed by atoms with Crippen molar-refractivity contribution in [1.82, 2.24) is 39.3 Å². The highest BCUT2D eigenvalue weighted by Gasteiger charge is 2.28. The summed E-state index contributed by atoms with van der Waals surface area (Å²) in [5, 5.41) is 19.8. The molecular weight excluding hydrogens is 767 g/mol. The summed E-state index contributed by atoms with van der Waals surface area (Å²) in [4.78, 5) is 67.1. The molecule has 2 fully saturated rings. The molecule has 2 aliphatic rings. The summed E-state index contributed by atoms with van der Waals surface area (Å²) in [7, 11) is 6.27. The van der Waals surface area contributed by atoms with E-state index in [0.717, 1.165) is 5.69 Å². The molecule has 0 spiro atoms. The van der Waals surface area contributed by atoms with Crippen LogP contribution in [-0.4, -0.2) is 118 Å². The average Bonchev–Trinajstić information content (AvgIpc) is 3.31. The molecule has 2 aliphatic heterocycles. The SMILES string of the molecule is CC.COc1ccc(C#N)cc1N1CCN(C(=O)c2nn(C)c(=O)c3ccccc23)CC1.COc1ccnc(N2CCN(C(=O)c3nn(C)c(=O)c4ccccc34)CC2)n1. The van der Waals surface area contributed by atoms with Crippen LogP contribution >= 0.6 is 0 Å². The highest BCUT2D eigenvalue weighted by molar-refractivity contribution is 6.05. The number of aryl methyl sites for hydroxylation is 2. The van der Waals surface area contributed by atoms with E-state index in [2.05, 4.69) is 31.1 Å². The summed E-state index contributed by atoms with van der Waals surface area (Å²) in [6.07, 6.45) is 1.65. The zero-order valence-electron chi connectivity index (χ0n) is 34.5. The first-order chi connectivity index (χ1) is 29.1. The Morgan fingerprint density at radius 2 is 1.13 bits per heavy atom. The molecule has 2 saturated heterocycles. The number of piperazine rings is 2. The van der Waals surface area contributed by atoms with Crippen molar-refractivity contribution in [1.29, 1.82) is 5.26 Å². The normalized spacial score (nSPS) is 13.8. The van der Waals surface area contributed by atoms with E-state index in [1.54, 1.807) is 117 Å². The van der Waals surface area contributed by atoms with Gasteiger partial charge in [0.2, 0.25) is 11.8 Å². The number of hydrogen-bond donors (Lipinski definition) is 0. The third-order valence-corrected chi connectivity index (χ3v) is 10.2. The zero-order valence-corrected chi connectivity index (χ0v) is 34.5. The minimum absolute atomic E-state index is 0.182. The highest BCUT2D eigenvalue weighted by Crippen LogP contribution is 2.30. The lowest BCUT2D eigenvalue weighted by Gasteiger charge is -2.36. The molecule has 5 heterocycles. The number of amides is 2. The standard InChI is InChI=1S/C22H21N5O3.C19H20N6O3.C2H6/c1-25-21(28)17-6-4-3-5-16(17)20(24-25)22(29)27-11-9-26(10-12-27)18-13-15(14-23)7-8-19(18)30-2;1-23-17(26)14-6-4-3-5-13(14)16(22-23)18(27)24-9-11-25(12-10-24)19-20-8-7-15(21-19)28-2;1-2/h3-8,13H,9-12H2,1-2H3;3-8H,9-12H2,1-2H3;1-2H3. The van der Waals surface area contributed by atoms with E-state index >= 15 is 0 Å². The van der Waals surface area contributed by atoms with Crippen molar-refractivity contribution in [3.05, 3.63) is 117 Å². The number of nitrogens with zero attached hydrogens (tertiary/aromatic N) is 11. The number of carbonyl (C=O) groups is 2. The van der Waals surface area contributed by atoms with Gasteiger partial charge in [0, 0.05) is 89.5 Å². The minimum Gasteiger partial charge on any atom is -0.495 e. The van der Waals surface area contributed by atoms with Crippen molar-refractivity contribution in [2.24, 2.45) is 14.1 Å². The van der Waals surface area contributed by atoms with Gasteiger partial charge in [0.1, 0.15) is 5.75 Å². The van der Waals surface area contributed by atoms with Gasteiger partial charge in [0.15, 0.2) is 11.4 Å². The van der Waals surface area contributed by atoms with Crippen molar-refractivity contribution in [3.8, 4) is 17.7 Å². The maximum atomic E-state index is 13.2. The van der Waals surface area contributed by atoms with Gasteiger partial charge >= 0.3 is 0 Å². The maximum absolute atomic E-state index is 13.2. The number of methoxy groups -OCH3 is 2. The van der Waals surface area contributed by atoms with Crippen LogP contribution in [0.25, 0.3) is 21.5 Å². The van der Waals surface area contributed by atoms with Crippen LogP contribution in [0.4, 0.5) is 11.6 Å².